The molecule has 2 rings (SSSR count). The third-order valence-electron chi connectivity index (χ3n) is 4.24. The monoisotopic (exact) mass is 354 g/mol. The highest BCUT2D eigenvalue weighted by atomic mass is 32.2. The molecule has 0 aromatic heterocycles. The zero-order chi connectivity index (χ0) is 17.7. The number of rotatable bonds is 6. The Morgan fingerprint density at radius 1 is 1.25 bits per heavy atom. The van der Waals surface area contributed by atoms with Gasteiger partial charge >= 0.3 is 5.97 Å². The summed E-state index contributed by atoms with van der Waals surface area (Å²) in [5.41, 5.74) is 0.835. The average molecular weight is 354 g/mol. The van der Waals surface area contributed by atoms with Gasteiger partial charge in [0, 0.05) is 13.0 Å². The van der Waals surface area contributed by atoms with E-state index in [0.29, 0.717) is 19.4 Å². The Morgan fingerprint density at radius 3 is 2.50 bits per heavy atom. The number of carbonyl (C=O) groups excluding carboxylic acids is 1. The Hall–Kier alpha value is -1.93. The van der Waals surface area contributed by atoms with E-state index in [4.69, 9.17) is 0 Å². The smallest absolute Gasteiger partial charge is 0.326 e. The maximum Gasteiger partial charge on any atom is 0.326 e. The van der Waals surface area contributed by atoms with Crippen molar-refractivity contribution in [3.8, 4) is 0 Å². The molecule has 0 saturated carbocycles. The summed E-state index contributed by atoms with van der Waals surface area (Å²) < 4.78 is 25.6. The van der Waals surface area contributed by atoms with Crippen LogP contribution in [0, 0.1) is 0 Å². The number of amides is 1. The van der Waals surface area contributed by atoms with Crippen molar-refractivity contribution >= 4 is 21.9 Å². The molecular weight excluding hydrogens is 332 g/mol. The number of carbonyl (C=O) groups is 2. The van der Waals surface area contributed by atoms with Crippen molar-refractivity contribution in [3.05, 3.63) is 29.8 Å². The normalized spacial score (nSPS) is 18.4. The fourth-order valence-electron chi connectivity index (χ4n) is 2.83. The number of aliphatic carboxylic acids is 1. The highest BCUT2D eigenvalue weighted by Crippen LogP contribution is 2.19. The Balaban J connectivity index is 1.97. The van der Waals surface area contributed by atoms with Crippen LogP contribution in [0.15, 0.2) is 29.2 Å². The van der Waals surface area contributed by atoms with Gasteiger partial charge in [0.15, 0.2) is 0 Å². The van der Waals surface area contributed by atoms with Gasteiger partial charge in [-0.2, -0.15) is 0 Å². The molecule has 1 aliphatic rings. The number of piperidine rings is 1. The number of hydrogen-bond acceptors (Lipinski definition) is 4. The number of nitrogens with zero attached hydrogens (tertiary/aromatic N) is 1. The van der Waals surface area contributed by atoms with E-state index < -0.39 is 22.0 Å². The van der Waals surface area contributed by atoms with Gasteiger partial charge in [0.25, 0.3) is 0 Å². The fraction of sp³-hybridized carbons (Fsp3) is 0.500. The second kappa shape index (κ2) is 7.76. The van der Waals surface area contributed by atoms with Crippen molar-refractivity contribution in [1.29, 1.82) is 0 Å². The van der Waals surface area contributed by atoms with Gasteiger partial charge in [-0.3, -0.25) is 4.79 Å². The van der Waals surface area contributed by atoms with E-state index in [1.165, 1.54) is 24.1 Å². The minimum Gasteiger partial charge on any atom is -0.480 e. The molecule has 1 aromatic carbocycles. The molecule has 1 heterocycles. The third kappa shape index (κ3) is 4.33. The zero-order valence-electron chi connectivity index (χ0n) is 13.6. The first-order valence-electron chi connectivity index (χ1n) is 7.90. The van der Waals surface area contributed by atoms with Crippen molar-refractivity contribution in [3.63, 3.8) is 0 Å². The second-order valence-electron chi connectivity index (χ2n) is 5.79. The zero-order valence-corrected chi connectivity index (χ0v) is 14.4. The number of carboxylic acids is 1. The molecule has 1 amide bonds. The third-order valence-corrected chi connectivity index (χ3v) is 5.67. The SMILES string of the molecule is CNS(=O)(=O)c1ccc(CCC(=O)N2CCCCC2C(=O)O)cc1. The van der Waals surface area contributed by atoms with Crippen LogP contribution in [0.5, 0.6) is 0 Å². The van der Waals surface area contributed by atoms with Crippen molar-refractivity contribution in [2.75, 3.05) is 13.6 Å². The Kier molecular flexibility index (Phi) is 5.95. The lowest BCUT2D eigenvalue weighted by Gasteiger charge is -2.33. The molecule has 1 unspecified atom stereocenters. The number of hydrogen-bond donors (Lipinski definition) is 2. The molecule has 1 fully saturated rings. The van der Waals surface area contributed by atoms with Crippen LogP contribution in [0.1, 0.15) is 31.2 Å². The van der Waals surface area contributed by atoms with Gasteiger partial charge in [-0.05, 0) is 50.4 Å². The van der Waals surface area contributed by atoms with Crippen LogP contribution in [-0.4, -0.2) is 49.9 Å². The molecule has 24 heavy (non-hydrogen) atoms. The number of sulfonamides is 1. The molecule has 0 bridgehead atoms. The second-order valence-corrected chi connectivity index (χ2v) is 7.67. The van der Waals surface area contributed by atoms with Crippen molar-refractivity contribution in [1.82, 2.24) is 9.62 Å². The number of aryl methyl sites for hydroxylation is 1. The maximum absolute atomic E-state index is 12.3. The maximum atomic E-state index is 12.3. The van der Waals surface area contributed by atoms with Crippen molar-refractivity contribution < 1.29 is 23.1 Å². The van der Waals surface area contributed by atoms with E-state index >= 15 is 0 Å². The molecule has 7 nitrogen and oxygen atoms in total. The number of carboxylic acid groups (broad SMARTS) is 1. The topological polar surface area (TPSA) is 104 Å². The summed E-state index contributed by atoms with van der Waals surface area (Å²) in [6.45, 7) is 0.481. The first-order chi connectivity index (χ1) is 11.3. The summed E-state index contributed by atoms with van der Waals surface area (Å²) in [4.78, 5) is 25.2. The first-order valence-corrected chi connectivity index (χ1v) is 9.38. The summed E-state index contributed by atoms with van der Waals surface area (Å²) in [5, 5.41) is 9.22. The van der Waals surface area contributed by atoms with E-state index in [-0.39, 0.29) is 17.2 Å². The molecule has 0 spiro atoms. The van der Waals surface area contributed by atoms with Crippen molar-refractivity contribution in [2.24, 2.45) is 0 Å². The van der Waals surface area contributed by atoms with Gasteiger partial charge in [-0.15, -0.1) is 0 Å². The fourth-order valence-corrected chi connectivity index (χ4v) is 3.56. The minimum absolute atomic E-state index is 0.169. The summed E-state index contributed by atoms with van der Waals surface area (Å²) in [6.07, 6.45) is 2.80. The van der Waals surface area contributed by atoms with Crippen LogP contribution in [0.4, 0.5) is 0 Å². The quantitative estimate of drug-likeness (QED) is 0.793. The summed E-state index contributed by atoms with van der Waals surface area (Å²) in [7, 11) is -2.12. The van der Waals surface area contributed by atoms with Crippen LogP contribution in [0.25, 0.3) is 0 Å². The summed E-state index contributed by atoms with van der Waals surface area (Å²) in [5.74, 6) is -1.13. The van der Waals surface area contributed by atoms with Gasteiger partial charge in [-0.1, -0.05) is 12.1 Å². The predicted octanol–water partition coefficient (Wildman–Crippen LogP) is 0.993. The van der Waals surface area contributed by atoms with E-state index in [1.54, 1.807) is 12.1 Å². The van der Waals surface area contributed by atoms with Gasteiger partial charge in [0.1, 0.15) is 6.04 Å². The number of nitrogens with one attached hydrogen (secondary N) is 1. The van der Waals surface area contributed by atoms with E-state index in [2.05, 4.69) is 4.72 Å². The molecule has 0 aliphatic carbocycles. The van der Waals surface area contributed by atoms with Crippen molar-refractivity contribution in [2.45, 2.75) is 43.0 Å². The van der Waals surface area contributed by atoms with Crippen LogP contribution in [-0.2, 0) is 26.0 Å². The molecule has 1 aromatic rings. The van der Waals surface area contributed by atoms with Crippen LogP contribution < -0.4 is 4.72 Å². The highest BCUT2D eigenvalue weighted by molar-refractivity contribution is 7.89. The van der Waals surface area contributed by atoms with Crippen LogP contribution >= 0.6 is 0 Å². The van der Waals surface area contributed by atoms with Crippen LogP contribution in [0.3, 0.4) is 0 Å². The lowest BCUT2D eigenvalue weighted by atomic mass is 10.0. The summed E-state index contributed by atoms with van der Waals surface area (Å²) in [6, 6.07) is 5.60. The highest BCUT2D eigenvalue weighted by Gasteiger charge is 2.31. The number of benzene rings is 1. The van der Waals surface area contributed by atoms with Gasteiger partial charge in [-0.25, -0.2) is 17.9 Å². The average Bonchev–Trinajstić information content (AvgIpc) is 2.60. The van der Waals surface area contributed by atoms with Gasteiger partial charge in [0.05, 0.1) is 4.90 Å². The lowest BCUT2D eigenvalue weighted by Crippen LogP contribution is -2.48. The van der Waals surface area contributed by atoms with E-state index in [1.807, 2.05) is 0 Å². The summed E-state index contributed by atoms with van der Waals surface area (Å²) >= 11 is 0. The lowest BCUT2D eigenvalue weighted by molar-refractivity contribution is -0.152. The molecular formula is C16H22N2O5S. The number of likely N-dealkylation sites (tertiary alicyclic amines) is 1. The van der Waals surface area contributed by atoms with Crippen LogP contribution in [0.2, 0.25) is 0 Å². The Morgan fingerprint density at radius 2 is 1.92 bits per heavy atom. The Labute approximate surface area is 141 Å². The molecule has 2 N–H and O–H groups in total. The molecule has 1 saturated heterocycles. The first kappa shape index (κ1) is 18.4. The standard InChI is InChI=1S/C16H22N2O5S/c1-17-24(22,23)13-8-5-12(6-9-13)7-10-15(19)18-11-3-2-4-14(18)16(20)21/h5-6,8-9,14,17H,2-4,7,10-11H2,1H3,(H,20,21). The molecule has 8 heteroatoms. The molecule has 132 valence electrons. The van der Waals surface area contributed by atoms with Gasteiger partial charge < -0.3 is 10.0 Å². The van der Waals surface area contributed by atoms with Gasteiger partial charge in [0.2, 0.25) is 15.9 Å². The Bertz CT molecular complexity index is 700. The molecule has 1 aliphatic heterocycles. The molecule has 1 atom stereocenters. The van der Waals surface area contributed by atoms with E-state index in [0.717, 1.165) is 18.4 Å². The largest absolute Gasteiger partial charge is 0.480 e. The van der Waals surface area contributed by atoms with E-state index in [9.17, 15) is 23.1 Å². The minimum atomic E-state index is -3.47. The molecule has 0 radical (unpaired) electrons. The predicted molar refractivity (Wildman–Crippen MR) is 88.0 cm³/mol.